The van der Waals surface area contributed by atoms with Gasteiger partial charge in [-0.1, -0.05) is 41.9 Å². The lowest BCUT2D eigenvalue weighted by Gasteiger charge is -2.15. The third-order valence-corrected chi connectivity index (χ3v) is 4.71. The van der Waals surface area contributed by atoms with Crippen LogP contribution in [0.25, 0.3) is 22.3 Å². The maximum atomic E-state index is 14.4. The van der Waals surface area contributed by atoms with Gasteiger partial charge >= 0.3 is 0 Å². The summed E-state index contributed by atoms with van der Waals surface area (Å²) < 4.78 is 30.0. The lowest BCUT2D eigenvalue weighted by atomic mass is 10.1. The Balaban J connectivity index is 2.03. The molecule has 4 aromatic rings. The highest BCUT2D eigenvalue weighted by atomic mass is 35.5. The molecular weight excluding hydrogens is 370 g/mol. The summed E-state index contributed by atoms with van der Waals surface area (Å²) in [5.74, 6) is -0.939. The fourth-order valence-corrected chi connectivity index (χ4v) is 3.23. The largest absolute Gasteiger partial charge is 0.287 e. The predicted molar refractivity (Wildman–Crippen MR) is 102 cm³/mol. The van der Waals surface area contributed by atoms with Crippen LogP contribution in [-0.2, 0) is 6.54 Å². The minimum Gasteiger partial charge on any atom is -0.287 e. The molecule has 0 saturated carbocycles. The Morgan fingerprint density at radius 2 is 1.59 bits per heavy atom. The van der Waals surface area contributed by atoms with Gasteiger partial charge in [0.15, 0.2) is 0 Å². The summed E-state index contributed by atoms with van der Waals surface area (Å²) in [5.41, 5.74) is 0.360. The number of benzene rings is 3. The van der Waals surface area contributed by atoms with Crippen molar-refractivity contribution in [3.05, 3.63) is 99.3 Å². The Labute approximate surface area is 158 Å². The number of hydrogen-bond donors (Lipinski definition) is 0. The van der Waals surface area contributed by atoms with E-state index < -0.39 is 17.2 Å². The zero-order chi connectivity index (χ0) is 19.0. The number of halogens is 3. The van der Waals surface area contributed by atoms with Crippen molar-refractivity contribution in [2.75, 3.05) is 0 Å². The van der Waals surface area contributed by atoms with Crippen LogP contribution in [0.3, 0.4) is 0 Å². The van der Waals surface area contributed by atoms with Gasteiger partial charge in [0.1, 0.15) is 17.5 Å². The third kappa shape index (κ3) is 3.11. The minimum atomic E-state index is -0.540. The molecule has 3 aromatic carbocycles. The molecule has 0 aliphatic carbocycles. The van der Waals surface area contributed by atoms with Crippen LogP contribution in [0.4, 0.5) is 8.78 Å². The zero-order valence-corrected chi connectivity index (χ0v) is 14.8. The Kier molecular flexibility index (Phi) is 4.46. The molecule has 0 aliphatic heterocycles. The monoisotopic (exact) mass is 382 g/mol. The van der Waals surface area contributed by atoms with Crippen LogP contribution in [0.1, 0.15) is 5.56 Å². The van der Waals surface area contributed by atoms with Crippen LogP contribution >= 0.6 is 11.6 Å². The van der Waals surface area contributed by atoms with Gasteiger partial charge in [0.05, 0.1) is 23.0 Å². The fraction of sp³-hybridized carbons (Fsp3) is 0.0476. The van der Waals surface area contributed by atoms with Crippen molar-refractivity contribution in [3.8, 4) is 11.4 Å². The summed E-state index contributed by atoms with van der Waals surface area (Å²) >= 11 is 6.13. The van der Waals surface area contributed by atoms with Crippen LogP contribution in [0.15, 0.2) is 71.5 Å². The van der Waals surface area contributed by atoms with E-state index in [1.807, 2.05) is 0 Å². The van der Waals surface area contributed by atoms with Crippen molar-refractivity contribution in [1.29, 1.82) is 0 Å². The molecule has 1 heterocycles. The van der Waals surface area contributed by atoms with Crippen LogP contribution in [0.2, 0.25) is 5.02 Å². The number of hydrogen-bond acceptors (Lipinski definition) is 2. The highest BCUT2D eigenvalue weighted by Crippen LogP contribution is 2.25. The summed E-state index contributed by atoms with van der Waals surface area (Å²) in [7, 11) is 0. The molecule has 0 amide bonds. The average molecular weight is 383 g/mol. The van der Waals surface area contributed by atoms with E-state index >= 15 is 0 Å². The maximum Gasteiger partial charge on any atom is 0.261 e. The molecule has 27 heavy (non-hydrogen) atoms. The van der Waals surface area contributed by atoms with Crippen molar-refractivity contribution in [3.63, 3.8) is 0 Å². The Morgan fingerprint density at radius 1 is 0.889 bits per heavy atom. The second-order valence-electron chi connectivity index (χ2n) is 6.02. The normalized spacial score (nSPS) is 11.1. The van der Waals surface area contributed by atoms with E-state index in [1.54, 1.807) is 42.5 Å². The van der Waals surface area contributed by atoms with E-state index in [1.165, 1.54) is 28.8 Å². The molecule has 0 atom stereocenters. The number of rotatable bonds is 3. The minimum absolute atomic E-state index is 0.121. The zero-order valence-electron chi connectivity index (χ0n) is 14.0. The van der Waals surface area contributed by atoms with Crippen LogP contribution in [-0.4, -0.2) is 9.55 Å². The molecule has 134 valence electrons. The van der Waals surface area contributed by atoms with Crippen LogP contribution < -0.4 is 5.56 Å². The molecular formula is C21H13ClF2N2O. The third-order valence-electron chi connectivity index (χ3n) is 4.35. The van der Waals surface area contributed by atoms with Gasteiger partial charge in [0, 0.05) is 10.6 Å². The second kappa shape index (κ2) is 6.93. The molecule has 0 bridgehead atoms. The van der Waals surface area contributed by atoms with Gasteiger partial charge in [-0.15, -0.1) is 0 Å². The van der Waals surface area contributed by atoms with E-state index in [0.717, 1.165) is 0 Å². The first-order valence-electron chi connectivity index (χ1n) is 8.23. The first-order valence-corrected chi connectivity index (χ1v) is 8.61. The lowest BCUT2D eigenvalue weighted by Crippen LogP contribution is -2.25. The summed E-state index contributed by atoms with van der Waals surface area (Å²) in [5, 5.41) is 0.555. The summed E-state index contributed by atoms with van der Waals surface area (Å²) in [6.45, 7) is -0.161. The molecule has 4 rings (SSSR count). The van der Waals surface area contributed by atoms with Crippen molar-refractivity contribution >= 4 is 22.5 Å². The van der Waals surface area contributed by atoms with Gasteiger partial charge in [0.2, 0.25) is 0 Å². The lowest BCUT2D eigenvalue weighted by molar-refractivity contribution is 0.595. The summed E-state index contributed by atoms with van der Waals surface area (Å²) in [6, 6.07) is 17.1. The standard InChI is InChI=1S/C21H13ClF2N2O/c22-16-8-5-10-18(24)15(16)12-26-20(13-6-1-3-9-17(13)23)25-19-11-4-2-7-14(19)21(26)27/h1-11H,12H2. The number of fused-ring (bicyclic) bond motifs is 1. The maximum absolute atomic E-state index is 14.4. The first kappa shape index (κ1) is 17.4. The summed E-state index contributed by atoms with van der Waals surface area (Å²) in [6.07, 6.45) is 0. The van der Waals surface area contributed by atoms with Gasteiger partial charge in [-0.25, -0.2) is 13.8 Å². The molecule has 6 heteroatoms. The molecule has 0 spiro atoms. The van der Waals surface area contributed by atoms with Gasteiger partial charge in [-0.3, -0.25) is 9.36 Å². The van der Waals surface area contributed by atoms with Crippen molar-refractivity contribution in [2.45, 2.75) is 6.54 Å². The van der Waals surface area contributed by atoms with E-state index in [2.05, 4.69) is 4.98 Å². The van der Waals surface area contributed by atoms with E-state index in [-0.39, 0.29) is 28.5 Å². The first-order chi connectivity index (χ1) is 13.1. The van der Waals surface area contributed by atoms with E-state index in [4.69, 9.17) is 11.6 Å². The number of aromatic nitrogens is 2. The van der Waals surface area contributed by atoms with Crippen molar-refractivity contribution in [2.24, 2.45) is 0 Å². The fourth-order valence-electron chi connectivity index (χ4n) is 3.00. The quantitative estimate of drug-likeness (QED) is 0.497. The van der Waals surface area contributed by atoms with E-state index in [9.17, 15) is 13.6 Å². The highest BCUT2D eigenvalue weighted by Gasteiger charge is 2.18. The Bertz CT molecular complexity index is 1200. The van der Waals surface area contributed by atoms with Crippen molar-refractivity contribution < 1.29 is 8.78 Å². The Morgan fingerprint density at radius 3 is 2.37 bits per heavy atom. The molecule has 0 saturated heterocycles. The smallest absolute Gasteiger partial charge is 0.261 e. The average Bonchev–Trinajstić information content (AvgIpc) is 2.67. The number of nitrogens with zero attached hydrogens (tertiary/aromatic N) is 2. The van der Waals surface area contributed by atoms with Gasteiger partial charge in [-0.05, 0) is 36.4 Å². The molecule has 0 N–H and O–H groups in total. The van der Waals surface area contributed by atoms with Gasteiger partial charge in [-0.2, -0.15) is 0 Å². The molecule has 0 fully saturated rings. The SMILES string of the molecule is O=c1c2ccccc2nc(-c2ccccc2F)n1Cc1c(F)cccc1Cl. The topological polar surface area (TPSA) is 34.9 Å². The van der Waals surface area contributed by atoms with Crippen molar-refractivity contribution in [1.82, 2.24) is 9.55 Å². The van der Waals surface area contributed by atoms with Crippen LogP contribution in [0.5, 0.6) is 0 Å². The van der Waals surface area contributed by atoms with Gasteiger partial charge < -0.3 is 0 Å². The molecule has 0 radical (unpaired) electrons. The molecule has 3 nitrogen and oxygen atoms in total. The highest BCUT2D eigenvalue weighted by molar-refractivity contribution is 6.31. The van der Waals surface area contributed by atoms with Gasteiger partial charge in [0.25, 0.3) is 5.56 Å². The van der Waals surface area contributed by atoms with E-state index in [0.29, 0.717) is 10.9 Å². The molecule has 1 aromatic heterocycles. The van der Waals surface area contributed by atoms with Crippen LogP contribution in [0, 0.1) is 11.6 Å². The number of para-hydroxylation sites is 1. The molecule has 0 aliphatic rings. The Hall–Kier alpha value is -3.05. The molecule has 0 unspecified atom stereocenters. The predicted octanol–water partition coefficient (Wildman–Crippen LogP) is 5.04. The summed E-state index contributed by atoms with van der Waals surface area (Å²) in [4.78, 5) is 17.6. The second-order valence-corrected chi connectivity index (χ2v) is 6.43.